The van der Waals surface area contributed by atoms with Crippen LogP contribution in [0.15, 0.2) is 0 Å². The fourth-order valence-corrected chi connectivity index (χ4v) is 16.9. The summed E-state index contributed by atoms with van der Waals surface area (Å²) >= 11 is -6.01. The SMILES string of the molecule is CCCCCCCCCCCCCCCCC(C(=O)[O][Ti]([O]C(=O)C(CCCCCCCCCCCCCCCC)C(C)C)([O]C(=O)C(CCCCCCCCCCCCCCCC)C(C)C)[O]C(=O)C(CCCCCCCCCCCCCCCC)C(C)C)C(C)C. The maximum atomic E-state index is 15.1. The van der Waals surface area contributed by atoms with Crippen molar-refractivity contribution in [3.05, 3.63) is 0 Å². The van der Waals surface area contributed by atoms with E-state index in [1.54, 1.807) is 0 Å². The van der Waals surface area contributed by atoms with E-state index in [9.17, 15) is 0 Å². The second-order valence-corrected chi connectivity index (χ2v) is 34.0. The molecular formula is C84H164O8Ti. The van der Waals surface area contributed by atoms with Gasteiger partial charge in [-0.1, -0.05) is 182 Å². The molecule has 4 unspecified atom stereocenters. The Balaban J connectivity index is 6.68. The molecule has 0 aliphatic rings. The summed E-state index contributed by atoms with van der Waals surface area (Å²) in [5.41, 5.74) is 0. The van der Waals surface area contributed by atoms with Crippen molar-refractivity contribution < 1.29 is 50.6 Å². The first-order valence-corrected chi connectivity index (χ1v) is 44.6. The van der Waals surface area contributed by atoms with Gasteiger partial charge in [0.05, 0.1) is 0 Å². The van der Waals surface area contributed by atoms with Gasteiger partial charge in [0.1, 0.15) is 0 Å². The molecule has 0 aromatic carbocycles. The van der Waals surface area contributed by atoms with Crippen LogP contribution in [0, 0.1) is 47.3 Å². The Bertz CT molecular complexity index is 1410. The summed E-state index contributed by atoms with van der Waals surface area (Å²) in [6.45, 7) is 25.4. The van der Waals surface area contributed by atoms with E-state index < -0.39 is 65.7 Å². The quantitative estimate of drug-likeness (QED) is 0.0438. The molecule has 552 valence electrons. The van der Waals surface area contributed by atoms with Crippen LogP contribution >= 0.6 is 0 Å². The van der Waals surface area contributed by atoms with Crippen molar-refractivity contribution in [2.75, 3.05) is 0 Å². The van der Waals surface area contributed by atoms with E-state index in [0.29, 0.717) is 25.7 Å². The third-order valence-electron chi connectivity index (χ3n) is 20.8. The van der Waals surface area contributed by atoms with Gasteiger partial charge in [0.2, 0.25) is 0 Å². The van der Waals surface area contributed by atoms with Crippen molar-refractivity contribution in [2.24, 2.45) is 47.3 Å². The van der Waals surface area contributed by atoms with Crippen LogP contribution in [-0.2, 0) is 50.6 Å². The van der Waals surface area contributed by atoms with Gasteiger partial charge in [-0.15, -0.1) is 0 Å². The van der Waals surface area contributed by atoms with E-state index in [2.05, 4.69) is 27.7 Å². The third-order valence-corrected chi connectivity index (χ3v) is 23.6. The molecule has 0 aliphatic carbocycles. The minimum absolute atomic E-state index is 0.0992. The summed E-state index contributed by atoms with van der Waals surface area (Å²) in [6, 6.07) is 0. The molecule has 8 nitrogen and oxygen atoms in total. The number of hydrogen-bond acceptors (Lipinski definition) is 8. The summed E-state index contributed by atoms with van der Waals surface area (Å²) < 4.78 is 26.5. The fourth-order valence-electron chi connectivity index (χ4n) is 14.0. The molecule has 0 amide bonds. The minimum atomic E-state index is -6.01. The first-order valence-electron chi connectivity index (χ1n) is 42.0. The summed E-state index contributed by atoms with van der Waals surface area (Å²) in [5, 5.41) is 0. The molecular weight excluding hydrogens is 1180 g/mol. The first-order chi connectivity index (χ1) is 45.1. The van der Waals surface area contributed by atoms with E-state index >= 15 is 19.2 Å². The zero-order valence-electron chi connectivity index (χ0n) is 64.8. The van der Waals surface area contributed by atoms with Crippen molar-refractivity contribution in [2.45, 2.75) is 468 Å². The normalized spacial score (nSPS) is 13.8. The van der Waals surface area contributed by atoms with Crippen LogP contribution in [0.1, 0.15) is 468 Å². The van der Waals surface area contributed by atoms with Crippen LogP contribution in [0.3, 0.4) is 0 Å². The number of hydrogen-bond donors (Lipinski definition) is 0. The van der Waals surface area contributed by atoms with Crippen LogP contribution in [0.2, 0.25) is 0 Å². The zero-order valence-corrected chi connectivity index (χ0v) is 66.4. The Morgan fingerprint density at radius 1 is 0.194 bits per heavy atom. The number of carbonyl (C=O) groups is 4. The number of unbranched alkanes of at least 4 members (excludes halogenated alkanes) is 52. The molecule has 0 heterocycles. The second kappa shape index (κ2) is 66.5. The fraction of sp³-hybridized carbons (Fsp3) is 0.952. The molecule has 0 rings (SSSR count). The number of carbonyl (C=O) groups excluding carboxylic acids is 4. The molecule has 0 aromatic rings. The third kappa shape index (κ3) is 54.1. The van der Waals surface area contributed by atoms with E-state index in [1.165, 1.54) is 283 Å². The summed E-state index contributed by atoms with van der Waals surface area (Å²) in [6.07, 6.45) is 72.3. The van der Waals surface area contributed by atoms with Gasteiger partial charge in [-0.25, -0.2) is 0 Å². The predicted octanol–water partition coefficient (Wildman–Crippen LogP) is 28.5. The van der Waals surface area contributed by atoms with Gasteiger partial charge in [-0.2, -0.15) is 0 Å². The predicted molar refractivity (Wildman–Crippen MR) is 397 cm³/mol. The average molecular weight is 1350 g/mol. The van der Waals surface area contributed by atoms with Crippen molar-refractivity contribution in [1.82, 2.24) is 0 Å². The van der Waals surface area contributed by atoms with Crippen molar-refractivity contribution in [1.29, 1.82) is 0 Å². The first kappa shape index (κ1) is 91.6. The Labute approximate surface area is 586 Å². The van der Waals surface area contributed by atoms with Crippen molar-refractivity contribution in [3.63, 3.8) is 0 Å². The Hall–Kier alpha value is -1.41. The molecule has 0 bridgehead atoms. The Kier molecular flexibility index (Phi) is 65.5. The Morgan fingerprint density at radius 3 is 0.409 bits per heavy atom. The monoisotopic (exact) mass is 1350 g/mol. The van der Waals surface area contributed by atoms with Crippen molar-refractivity contribution >= 4 is 23.9 Å². The number of rotatable bonds is 72. The molecule has 0 N–H and O–H groups in total. The van der Waals surface area contributed by atoms with E-state index in [0.717, 1.165) is 77.0 Å². The van der Waals surface area contributed by atoms with Crippen LogP contribution < -0.4 is 0 Å². The van der Waals surface area contributed by atoms with Crippen molar-refractivity contribution in [3.8, 4) is 0 Å². The van der Waals surface area contributed by atoms with Gasteiger partial charge in [-0.05, 0) is 0 Å². The molecule has 0 aliphatic heterocycles. The molecule has 93 heavy (non-hydrogen) atoms. The maximum absolute atomic E-state index is 15.1. The van der Waals surface area contributed by atoms with Crippen LogP contribution in [0.25, 0.3) is 0 Å². The molecule has 0 radical (unpaired) electrons. The van der Waals surface area contributed by atoms with E-state index in [4.69, 9.17) is 13.3 Å². The van der Waals surface area contributed by atoms with Crippen LogP contribution in [-0.4, -0.2) is 23.9 Å². The molecule has 9 heteroatoms. The van der Waals surface area contributed by atoms with Crippen LogP contribution in [0.4, 0.5) is 0 Å². The Morgan fingerprint density at radius 2 is 0.301 bits per heavy atom. The standard InChI is InChI=1S/4C21H42O2.Ti/c4*1-4-5-6-7-8-9-10-11-12-13-14-15-16-17-18-20(19(2)3)21(22)23;/h4*19-20H,4-18H2,1-3H3,(H,22,23);/q;;;;+4/p-4. The van der Waals surface area contributed by atoms with E-state index in [-0.39, 0.29) is 23.7 Å². The average Bonchev–Trinajstić information content (AvgIpc) is 0.834. The van der Waals surface area contributed by atoms with Gasteiger partial charge in [0, 0.05) is 0 Å². The summed E-state index contributed by atoms with van der Waals surface area (Å²) in [5.74, 6) is -4.92. The van der Waals surface area contributed by atoms with E-state index in [1.807, 2.05) is 55.4 Å². The molecule has 4 atom stereocenters. The molecule has 0 spiro atoms. The zero-order chi connectivity index (χ0) is 68.7. The van der Waals surface area contributed by atoms with Gasteiger partial charge in [0.15, 0.2) is 0 Å². The molecule has 0 saturated carbocycles. The summed E-state index contributed by atoms with van der Waals surface area (Å²) in [4.78, 5) is 60.5. The second-order valence-electron chi connectivity index (χ2n) is 31.1. The molecule has 0 saturated heterocycles. The van der Waals surface area contributed by atoms with Gasteiger partial charge in [0.25, 0.3) is 0 Å². The van der Waals surface area contributed by atoms with Gasteiger partial charge < -0.3 is 0 Å². The van der Waals surface area contributed by atoms with Crippen LogP contribution in [0.5, 0.6) is 0 Å². The molecule has 0 aromatic heterocycles. The topological polar surface area (TPSA) is 105 Å². The van der Waals surface area contributed by atoms with Gasteiger partial charge >= 0.3 is 408 Å². The van der Waals surface area contributed by atoms with Gasteiger partial charge in [-0.3, -0.25) is 0 Å². The molecule has 0 fully saturated rings. The summed E-state index contributed by atoms with van der Waals surface area (Å²) in [7, 11) is 0.